The van der Waals surface area contributed by atoms with E-state index in [1.165, 1.54) is 41.5 Å². The van der Waals surface area contributed by atoms with Crippen LogP contribution in [0.3, 0.4) is 0 Å². The molecule has 0 saturated heterocycles. The molecule has 110 valence electrons. The lowest BCUT2D eigenvalue weighted by atomic mass is 9.93. The zero-order chi connectivity index (χ0) is 14.7. The van der Waals surface area contributed by atoms with Crippen LogP contribution in [0.4, 0.5) is 0 Å². The lowest BCUT2D eigenvalue weighted by Gasteiger charge is -2.19. The average molecular weight is 279 g/mol. The van der Waals surface area contributed by atoms with Crippen LogP contribution in [-0.4, -0.2) is 7.05 Å². The van der Waals surface area contributed by atoms with Crippen LogP contribution in [0.2, 0.25) is 0 Å². The molecule has 0 spiro atoms. The summed E-state index contributed by atoms with van der Waals surface area (Å²) in [6, 6.07) is 18.4. The summed E-state index contributed by atoms with van der Waals surface area (Å²) in [4.78, 5) is 0. The number of fused-ring (bicyclic) bond motifs is 1. The van der Waals surface area contributed by atoms with Crippen LogP contribution in [0.25, 0.3) is 0 Å². The first kappa shape index (κ1) is 14.3. The summed E-state index contributed by atoms with van der Waals surface area (Å²) < 4.78 is 0. The highest BCUT2D eigenvalue weighted by molar-refractivity contribution is 5.37. The Morgan fingerprint density at radius 2 is 1.86 bits per heavy atom. The molecule has 2 aromatic carbocycles. The Labute approximate surface area is 128 Å². The maximum absolute atomic E-state index is 3.52. The molecule has 0 fully saturated rings. The minimum absolute atomic E-state index is 0.508. The van der Waals surface area contributed by atoms with Gasteiger partial charge in [-0.1, -0.05) is 55.5 Å². The Morgan fingerprint density at radius 3 is 2.62 bits per heavy atom. The smallest absolute Gasteiger partial charge is 0.0322 e. The second-order valence-electron chi connectivity index (χ2n) is 6.42. The fourth-order valence-corrected chi connectivity index (χ4v) is 3.46. The highest BCUT2D eigenvalue weighted by Crippen LogP contribution is 2.32. The number of benzene rings is 2. The van der Waals surface area contributed by atoms with Crippen LogP contribution < -0.4 is 5.32 Å². The van der Waals surface area contributed by atoms with E-state index in [2.05, 4.69) is 67.8 Å². The largest absolute Gasteiger partial charge is 0.313 e. The van der Waals surface area contributed by atoms with Crippen molar-refractivity contribution in [3.63, 3.8) is 0 Å². The molecule has 1 aliphatic rings. The summed E-state index contributed by atoms with van der Waals surface area (Å²) in [5.41, 5.74) is 5.88. The van der Waals surface area contributed by atoms with Gasteiger partial charge >= 0.3 is 0 Å². The Balaban J connectivity index is 1.89. The standard InChI is InChI=1S/C20H25N/c1-15-8-10-18-11-9-17(13-16-6-4-3-5-7-16)14-19(18)20(12-15)21-2/h3-7,9,11,14-15,20-21H,8,10,12-13H2,1-2H3. The number of aryl methyl sites for hydroxylation is 1. The fourth-order valence-electron chi connectivity index (χ4n) is 3.46. The fraction of sp³-hybridized carbons (Fsp3) is 0.400. The Kier molecular flexibility index (Phi) is 4.40. The van der Waals surface area contributed by atoms with Crippen molar-refractivity contribution in [3.05, 3.63) is 70.8 Å². The molecular weight excluding hydrogens is 254 g/mol. The molecule has 1 nitrogen and oxygen atoms in total. The normalized spacial score (nSPS) is 21.6. The number of rotatable bonds is 3. The molecule has 0 heterocycles. The second-order valence-corrected chi connectivity index (χ2v) is 6.42. The molecule has 0 saturated carbocycles. The van der Waals surface area contributed by atoms with Crippen molar-refractivity contribution in [2.75, 3.05) is 7.05 Å². The maximum atomic E-state index is 3.52. The zero-order valence-corrected chi connectivity index (χ0v) is 13.1. The van der Waals surface area contributed by atoms with Crippen LogP contribution >= 0.6 is 0 Å². The third kappa shape index (κ3) is 3.36. The average Bonchev–Trinajstić information content (AvgIpc) is 2.67. The monoisotopic (exact) mass is 279 g/mol. The van der Waals surface area contributed by atoms with Gasteiger partial charge in [-0.2, -0.15) is 0 Å². The van der Waals surface area contributed by atoms with E-state index >= 15 is 0 Å². The van der Waals surface area contributed by atoms with Crippen molar-refractivity contribution in [2.45, 2.75) is 38.6 Å². The predicted molar refractivity (Wildman–Crippen MR) is 89.6 cm³/mol. The van der Waals surface area contributed by atoms with Crippen molar-refractivity contribution in [2.24, 2.45) is 5.92 Å². The first-order valence-electron chi connectivity index (χ1n) is 8.09. The van der Waals surface area contributed by atoms with Gasteiger partial charge in [0.1, 0.15) is 0 Å². The lowest BCUT2D eigenvalue weighted by Crippen LogP contribution is -2.18. The predicted octanol–water partition coefficient (Wildman–Crippen LogP) is 4.51. The quantitative estimate of drug-likeness (QED) is 0.815. The molecule has 2 aromatic rings. The summed E-state index contributed by atoms with van der Waals surface area (Å²) in [5.74, 6) is 0.799. The Hall–Kier alpha value is -1.60. The number of hydrogen-bond acceptors (Lipinski definition) is 1. The first-order chi connectivity index (χ1) is 10.3. The van der Waals surface area contributed by atoms with Gasteiger partial charge in [0, 0.05) is 6.04 Å². The molecule has 0 aromatic heterocycles. The molecule has 0 bridgehead atoms. The van der Waals surface area contributed by atoms with Gasteiger partial charge in [-0.25, -0.2) is 0 Å². The Morgan fingerprint density at radius 1 is 1.05 bits per heavy atom. The van der Waals surface area contributed by atoms with Crippen LogP contribution in [0.1, 0.15) is 48.1 Å². The number of hydrogen-bond donors (Lipinski definition) is 1. The van der Waals surface area contributed by atoms with Crippen molar-refractivity contribution >= 4 is 0 Å². The van der Waals surface area contributed by atoms with E-state index in [0.717, 1.165) is 12.3 Å². The minimum atomic E-state index is 0.508. The molecule has 0 radical (unpaired) electrons. The third-order valence-corrected chi connectivity index (χ3v) is 4.73. The summed E-state index contributed by atoms with van der Waals surface area (Å²) in [6.45, 7) is 2.38. The molecule has 2 unspecified atom stereocenters. The molecular formula is C20H25N. The summed E-state index contributed by atoms with van der Waals surface area (Å²) >= 11 is 0. The second kappa shape index (κ2) is 6.44. The summed E-state index contributed by atoms with van der Waals surface area (Å²) in [7, 11) is 2.09. The Bertz CT molecular complexity index is 588. The molecule has 1 heteroatoms. The highest BCUT2D eigenvalue weighted by atomic mass is 14.9. The van der Waals surface area contributed by atoms with Crippen molar-refractivity contribution in [3.8, 4) is 0 Å². The van der Waals surface area contributed by atoms with Crippen molar-refractivity contribution in [1.29, 1.82) is 0 Å². The van der Waals surface area contributed by atoms with Crippen LogP contribution in [-0.2, 0) is 12.8 Å². The van der Waals surface area contributed by atoms with E-state index in [-0.39, 0.29) is 0 Å². The first-order valence-corrected chi connectivity index (χ1v) is 8.09. The van der Waals surface area contributed by atoms with Gasteiger partial charge < -0.3 is 5.32 Å². The van der Waals surface area contributed by atoms with Gasteiger partial charge in [0.2, 0.25) is 0 Å². The van der Waals surface area contributed by atoms with E-state index in [1.54, 1.807) is 0 Å². The van der Waals surface area contributed by atoms with Gasteiger partial charge in [-0.3, -0.25) is 0 Å². The van der Waals surface area contributed by atoms with Crippen molar-refractivity contribution < 1.29 is 0 Å². The zero-order valence-electron chi connectivity index (χ0n) is 13.1. The summed E-state index contributed by atoms with van der Waals surface area (Å²) in [5, 5.41) is 3.52. The van der Waals surface area contributed by atoms with Crippen LogP contribution in [0, 0.1) is 5.92 Å². The molecule has 0 aliphatic heterocycles. The maximum Gasteiger partial charge on any atom is 0.0322 e. The van der Waals surface area contributed by atoms with E-state index in [4.69, 9.17) is 0 Å². The van der Waals surface area contributed by atoms with Gasteiger partial charge in [0.05, 0.1) is 0 Å². The minimum Gasteiger partial charge on any atom is -0.313 e. The molecule has 21 heavy (non-hydrogen) atoms. The van der Waals surface area contributed by atoms with Crippen LogP contribution in [0.5, 0.6) is 0 Å². The van der Waals surface area contributed by atoms with Crippen molar-refractivity contribution in [1.82, 2.24) is 5.32 Å². The lowest BCUT2D eigenvalue weighted by molar-refractivity contribution is 0.428. The summed E-state index contributed by atoms with van der Waals surface area (Å²) in [6.07, 6.45) is 4.81. The van der Waals surface area contributed by atoms with Gasteiger partial charge in [0.15, 0.2) is 0 Å². The third-order valence-electron chi connectivity index (χ3n) is 4.73. The van der Waals surface area contributed by atoms with Crippen LogP contribution in [0.15, 0.2) is 48.5 Å². The van der Waals surface area contributed by atoms with E-state index in [1.807, 2.05) is 0 Å². The topological polar surface area (TPSA) is 12.0 Å². The van der Waals surface area contributed by atoms with E-state index in [0.29, 0.717) is 6.04 Å². The number of nitrogens with one attached hydrogen (secondary N) is 1. The van der Waals surface area contributed by atoms with E-state index in [9.17, 15) is 0 Å². The molecule has 1 N–H and O–H groups in total. The molecule has 1 aliphatic carbocycles. The molecule has 2 atom stereocenters. The molecule has 3 rings (SSSR count). The van der Waals surface area contributed by atoms with Gasteiger partial charge in [0.25, 0.3) is 0 Å². The molecule has 0 amide bonds. The van der Waals surface area contributed by atoms with Gasteiger partial charge in [-0.05, 0) is 60.9 Å². The highest BCUT2D eigenvalue weighted by Gasteiger charge is 2.21. The SMILES string of the molecule is CNC1CC(C)CCc2ccc(Cc3ccccc3)cc21. The van der Waals surface area contributed by atoms with Gasteiger partial charge in [-0.15, -0.1) is 0 Å². The van der Waals surface area contributed by atoms with E-state index < -0.39 is 0 Å².